The number of allylic oxidation sites excluding steroid dienone is 1. The quantitative estimate of drug-likeness (QED) is 0.550. The molecule has 0 spiro atoms. The number of hydrogen-bond donors (Lipinski definition) is 3. The van der Waals surface area contributed by atoms with Gasteiger partial charge in [0.1, 0.15) is 17.5 Å². The fourth-order valence-corrected chi connectivity index (χ4v) is 2.16. The molecule has 0 unspecified atom stereocenters. The summed E-state index contributed by atoms with van der Waals surface area (Å²) < 4.78 is 0. The zero-order chi connectivity index (χ0) is 22.3. The smallest absolute Gasteiger partial charge is 0.111 e. The van der Waals surface area contributed by atoms with E-state index in [2.05, 4.69) is 99.1 Å². The average Bonchev–Trinajstić information content (AvgIpc) is 3.28. The Hall–Kier alpha value is -2.63. The minimum Gasteiger partial charge on any atom is -0.348 e. The van der Waals surface area contributed by atoms with Crippen molar-refractivity contribution in [2.45, 2.75) is 73.1 Å². The van der Waals surface area contributed by atoms with Crippen LogP contribution in [0.25, 0.3) is 0 Å². The van der Waals surface area contributed by atoms with Crippen molar-refractivity contribution >= 4 is 5.84 Å². The number of amidine groups is 1. The van der Waals surface area contributed by atoms with Crippen LogP contribution < -0.4 is 5.32 Å². The van der Waals surface area contributed by atoms with Gasteiger partial charge >= 0.3 is 0 Å². The second-order valence-electron chi connectivity index (χ2n) is 10.1. The number of aromatic nitrogens is 4. The number of nitrogens with zero attached hydrogens (tertiary/aromatic N) is 3. The molecule has 3 N–H and O–H groups in total. The first kappa shape index (κ1) is 24.4. The number of H-pyrrole nitrogens is 2. The monoisotopic (exact) mass is 398 g/mol. The molecule has 0 aliphatic carbocycles. The Kier molecular flexibility index (Phi) is 8.18. The van der Waals surface area contributed by atoms with Crippen LogP contribution in [-0.2, 0) is 10.8 Å². The van der Waals surface area contributed by atoms with Crippen molar-refractivity contribution in [3.63, 3.8) is 0 Å². The lowest BCUT2D eigenvalue weighted by molar-refractivity contribution is 0.552. The summed E-state index contributed by atoms with van der Waals surface area (Å²) in [5, 5.41) is 3.12. The molecule has 1 aliphatic rings. The van der Waals surface area contributed by atoms with Crippen LogP contribution in [0.3, 0.4) is 0 Å². The highest BCUT2D eigenvalue weighted by Gasteiger charge is 2.19. The molecule has 0 radical (unpaired) electrons. The first-order valence-corrected chi connectivity index (χ1v) is 9.91. The summed E-state index contributed by atoms with van der Waals surface area (Å²) in [6.07, 6.45) is 10.9. The highest BCUT2D eigenvalue weighted by molar-refractivity contribution is 5.90. The number of aromatic amines is 2. The zero-order valence-corrected chi connectivity index (χ0v) is 19.5. The first-order chi connectivity index (χ1) is 13.2. The van der Waals surface area contributed by atoms with Crippen LogP contribution in [0.15, 0.2) is 54.3 Å². The van der Waals surface area contributed by atoms with E-state index < -0.39 is 0 Å². The fraction of sp³-hybridized carbons (Fsp3) is 0.522. The predicted octanol–water partition coefficient (Wildman–Crippen LogP) is 5.48. The summed E-state index contributed by atoms with van der Waals surface area (Å²) in [5.74, 6) is 3.06. The molecular weight excluding hydrogens is 360 g/mol. The number of nitrogens with one attached hydrogen (secondary N) is 3. The topological polar surface area (TPSA) is 81.8 Å². The van der Waals surface area contributed by atoms with E-state index in [-0.39, 0.29) is 16.2 Å². The molecule has 0 saturated carbocycles. The van der Waals surface area contributed by atoms with Crippen molar-refractivity contribution in [1.29, 1.82) is 0 Å². The second-order valence-corrected chi connectivity index (χ2v) is 10.1. The van der Waals surface area contributed by atoms with Crippen molar-refractivity contribution in [3.8, 4) is 0 Å². The molecule has 0 saturated heterocycles. The Morgan fingerprint density at radius 1 is 0.724 bits per heavy atom. The molecule has 160 valence electrons. The second kappa shape index (κ2) is 9.72. The summed E-state index contributed by atoms with van der Waals surface area (Å²) >= 11 is 0. The van der Waals surface area contributed by atoms with E-state index in [4.69, 9.17) is 0 Å². The molecule has 0 bridgehead atoms. The summed E-state index contributed by atoms with van der Waals surface area (Å²) in [7, 11) is 0. The van der Waals surface area contributed by atoms with E-state index in [1.165, 1.54) is 0 Å². The van der Waals surface area contributed by atoms with Crippen LogP contribution in [0.4, 0.5) is 0 Å². The van der Waals surface area contributed by atoms with Crippen molar-refractivity contribution in [1.82, 2.24) is 25.3 Å². The molecule has 29 heavy (non-hydrogen) atoms. The molecule has 2 aromatic rings. The summed E-state index contributed by atoms with van der Waals surface area (Å²) in [4.78, 5) is 18.6. The highest BCUT2D eigenvalue weighted by atomic mass is 15.0. The number of hydrogen-bond acceptors (Lipinski definition) is 4. The Labute approximate surface area is 176 Å². The zero-order valence-electron chi connectivity index (χ0n) is 19.5. The Balaban J connectivity index is 0.000000219. The van der Waals surface area contributed by atoms with Crippen LogP contribution in [0, 0.1) is 5.41 Å². The van der Waals surface area contributed by atoms with E-state index in [0.717, 1.165) is 23.2 Å². The summed E-state index contributed by atoms with van der Waals surface area (Å²) in [5.41, 5.74) is 1.30. The van der Waals surface area contributed by atoms with E-state index in [1.807, 2.05) is 18.5 Å². The molecule has 2 aromatic heterocycles. The third kappa shape index (κ3) is 8.94. The van der Waals surface area contributed by atoms with Gasteiger partial charge in [-0.2, -0.15) is 0 Å². The number of imidazole rings is 2. The van der Waals surface area contributed by atoms with Gasteiger partial charge in [0.2, 0.25) is 0 Å². The van der Waals surface area contributed by atoms with Gasteiger partial charge in [0.05, 0.1) is 0 Å². The lowest BCUT2D eigenvalue weighted by atomic mass is 9.94. The molecule has 0 aromatic carbocycles. The van der Waals surface area contributed by atoms with Crippen LogP contribution in [-0.4, -0.2) is 25.8 Å². The van der Waals surface area contributed by atoms with Crippen LogP contribution in [0.1, 0.15) is 74.0 Å². The van der Waals surface area contributed by atoms with Gasteiger partial charge in [0.15, 0.2) is 0 Å². The van der Waals surface area contributed by atoms with Crippen LogP contribution >= 0.6 is 0 Å². The van der Waals surface area contributed by atoms with Crippen molar-refractivity contribution in [2.24, 2.45) is 10.4 Å². The predicted molar refractivity (Wildman–Crippen MR) is 123 cm³/mol. The standard InChI is InChI=1S/C9H14N2.2C7H12N2/c1-7-5-6-10-8(11-7)9(2,3)4;2*1-7(2,3)6-8-4-5-9-6/h5-6H,1H2,2-4H3,(H,10,11);2*4-5H,1-3H3,(H,8,9). The molecule has 6 nitrogen and oxygen atoms in total. The maximum atomic E-state index is 4.22. The van der Waals surface area contributed by atoms with Gasteiger partial charge in [-0.1, -0.05) is 68.9 Å². The molecule has 0 amide bonds. The molecule has 6 heteroatoms. The molecule has 0 atom stereocenters. The number of rotatable bonds is 0. The van der Waals surface area contributed by atoms with Gasteiger partial charge in [-0.05, 0) is 6.08 Å². The van der Waals surface area contributed by atoms with E-state index in [9.17, 15) is 0 Å². The third-order valence-corrected chi connectivity index (χ3v) is 3.89. The minimum atomic E-state index is 0.0771. The molecular formula is C23H38N6. The fourth-order valence-electron chi connectivity index (χ4n) is 2.16. The molecule has 3 rings (SSSR count). The normalized spacial score (nSPS) is 14.1. The first-order valence-electron chi connectivity index (χ1n) is 9.91. The van der Waals surface area contributed by atoms with E-state index in [0.29, 0.717) is 0 Å². The lowest BCUT2D eigenvalue weighted by Gasteiger charge is -2.24. The largest absolute Gasteiger partial charge is 0.348 e. The van der Waals surface area contributed by atoms with Crippen molar-refractivity contribution in [3.05, 3.63) is 61.0 Å². The van der Waals surface area contributed by atoms with Gasteiger partial charge in [-0.25, -0.2) is 15.0 Å². The SMILES string of the molecule is C=C1C=CN=C(C(C)(C)C)N1.CC(C)(C)c1ncc[nH]1.CC(C)(C)c1ncc[nH]1. The average molecular weight is 399 g/mol. The summed E-state index contributed by atoms with van der Waals surface area (Å²) in [6, 6.07) is 0. The highest BCUT2D eigenvalue weighted by Crippen LogP contribution is 2.18. The lowest BCUT2D eigenvalue weighted by Crippen LogP contribution is -2.34. The maximum absolute atomic E-state index is 4.22. The van der Waals surface area contributed by atoms with E-state index >= 15 is 0 Å². The van der Waals surface area contributed by atoms with Gasteiger partial charge in [0, 0.05) is 52.9 Å². The Morgan fingerprint density at radius 2 is 1.17 bits per heavy atom. The molecule has 1 aliphatic heterocycles. The summed E-state index contributed by atoms with van der Waals surface area (Å²) in [6.45, 7) is 22.9. The van der Waals surface area contributed by atoms with Gasteiger partial charge in [-0.3, -0.25) is 0 Å². The van der Waals surface area contributed by atoms with Crippen LogP contribution in [0.5, 0.6) is 0 Å². The van der Waals surface area contributed by atoms with Crippen molar-refractivity contribution < 1.29 is 0 Å². The third-order valence-electron chi connectivity index (χ3n) is 3.89. The van der Waals surface area contributed by atoms with E-state index in [1.54, 1.807) is 18.6 Å². The van der Waals surface area contributed by atoms with Gasteiger partial charge in [0.25, 0.3) is 0 Å². The van der Waals surface area contributed by atoms with Crippen LogP contribution in [0.2, 0.25) is 0 Å². The Bertz CT molecular complexity index is 745. The van der Waals surface area contributed by atoms with Gasteiger partial charge < -0.3 is 15.3 Å². The van der Waals surface area contributed by atoms with Gasteiger partial charge in [-0.15, -0.1) is 0 Å². The maximum Gasteiger partial charge on any atom is 0.111 e. The van der Waals surface area contributed by atoms with Crippen molar-refractivity contribution in [2.75, 3.05) is 0 Å². The number of aliphatic imine (C=N–C) groups is 1. The molecule has 0 fully saturated rings. The Morgan fingerprint density at radius 3 is 1.38 bits per heavy atom. The molecule has 3 heterocycles. The minimum absolute atomic E-state index is 0.0771.